The number of pyridine rings is 2. The fourth-order valence-corrected chi connectivity index (χ4v) is 5.21. The van der Waals surface area contributed by atoms with Gasteiger partial charge in [0.25, 0.3) is 0 Å². The highest BCUT2D eigenvalue weighted by Crippen LogP contribution is 2.32. The van der Waals surface area contributed by atoms with Crippen molar-refractivity contribution >= 4 is 33.5 Å². The molecule has 3 aromatic heterocycles. The van der Waals surface area contributed by atoms with Gasteiger partial charge in [0.15, 0.2) is 0 Å². The summed E-state index contributed by atoms with van der Waals surface area (Å²) in [5, 5.41) is 4.00. The van der Waals surface area contributed by atoms with Gasteiger partial charge in [-0.15, -0.1) is 0 Å². The van der Waals surface area contributed by atoms with Gasteiger partial charge in [-0.2, -0.15) is 0 Å². The number of nitrogens with two attached hydrogens (primary N) is 4. The molecule has 0 bridgehead atoms. The van der Waals surface area contributed by atoms with E-state index in [1.807, 2.05) is 68.6 Å². The van der Waals surface area contributed by atoms with Crippen molar-refractivity contribution in [1.82, 2.24) is 24.6 Å². The van der Waals surface area contributed by atoms with Crippen molar-refractivity contribution in [1.29, 1.82) is 0 Å². The third-order valence-corrected chi connectivity index (χ3v) is 6.96. The number of fused-ring (bicyclic) bond motifs is 3. The van der Waals surface area contributed by atoms with E-state index in [1.165, 1.54) is 10.0 Å². The molecule has 5 rings (SSSR count). The number of rotatable bonds is 6. The van der Waals surface area contributed by atoms with Gasteiger partial charge in [0, 0.05) is 62.4 Å². The number of ether oxygens (including phenoxy) is 1. The summed E-state index contributed by atoms with van der Waals surface area (Å²) in [7, 11) is 3.53. The molecule has 8 N–H and O–H groups in total. The number of nitrogens with zero attached hydrogens (tertiary/aromatic N) is 5. The molecule has 10 heteroatoms. The van der Waals surface area contributed by atoms with Crippen molar-refractivity contribution in [3.05, 3.63) is 83.4 Å². The average Bonchev–Trinajstić information content (AvgIpc) is 3.22. The first-order chi connectivity index (χ1) is 19.2. The second-order valence-corrected chi connectivity index (χ2v) is 10.3. The molecule has 4 aromatic rings. The Labute approximate surface area is 235 Å². The molecule has 0 amide bonds. The van der Waals surface area contributed by atoms with E-state index in [-0.39, 0.29) is 0 Å². The van der Waals surface area contributed by atoms with E-state index in [0.717, 1.165) is 65.9 Å². The predicted molar refractivity (Wildman–Crippen MR) is 162 cm³/mol. The highest BCUT2D eigenvalue weighted by molar-refractivity contribution is 6.05. The molecule has 0 radical (unpaired) electrons. The number of hydrogen-bond donors (Lipinski definition) is 4. The smallest absolute Gasteiger partial charge is 0.143 e. The minimum absolute atomic E-state index is 0.480. The molecule has 4 heterocycles. The van der Waals surface area contributed by atoms with Gasteiger partial charge >= 0.3 is 0 Å². The van der Waals surface area contributed by atoms with Crippen LogP contribution in [0, 0.1) is 5.92 Å². The van der Waals surface area contributed by atoms with Gasteiger partial charge in [-0.3, -0.25) is 4.98 Å². The van der Waals surface area contributed by atoms with Gasteiger partial charge in [-0.25, -0.2) is 16.7 Å². The molecule has 0 aliphatic carbocycles. The van der Waals surface area contributed by atoms with Crippen LogP contribution < -0.4 is 23.2 Å². The van der Waals surface area contributed by atoms with Crippen LogP contribution in [-0.2, 0) is 11.3 Å². The number of hydrazine groups is 2. The van der Waals surface area contributed by atoms with Crippen molar-refractivity contribution in [3.63, 3.8) is 0 Å². The number of aromatic nitrogens is 3. The zero-order chi connectivity index (χ0) is 28.8. The van der Waals surface area contributed by atoms with E-state index in [2.05, 4.69) is 10.6 Å². The molecule has 40 heavy (non-hydrogen) atoms. The molecule has 0 unspecified atom stereocenters. The third-order valence-electron chi connectivity index (χ3n) is 6.96. The second kappa shape index (κ2) is 12.8. The summed E-state index contributed by atoms with van der Waals surface area (Å²) in [6.07, 6.45) is 3.82. The summed E-state index contributed by atoms with van der Waals surface area (Å²) >= 11 is 0. The van der Waals surface area contributed by atoms with E-state index in [0.29, 0.717) is 28.7 Å². The fraction of sp³-hybridized carbons (Fsp3) is 0.333. The average molecular weight is 544 g/mol. The van der Waals surface area contributed by atoms with Crippen LogP contribution in [0.3, 0.4) is 0 Å². The lowest BCUT2D eigenvalue weighted by Gasteiger charge is -2.23. The topological polar surface area (TPSA) is 150 Å². The molecular formula is C30H41N9O. The van der Waals surface area contributed by atoms with Gasteiger partial charge in [-0.1, -0.05) is 36.4 Å². The Kier molecular flexibility index (Phi) is 9.26. The summed E-state index contributed by atoms with van der Waals surface area (Å²) in [6.45, 7) is 6.02. The molecule has 1 fully saturated rings. The third kappa shape index (κ3) is 6.36. The molecule has 1 aliphatic rings. The summed E-state index contributed by atoms with van der Waals surface area (Å²) < 4.78 is 7.84. The van der Waals surface area contributed by atoms with Crippen LogP contribution in [-0.4, -0.2) is 51.9 Å². The number of hydrogen-bond acceptors (Lipinski definition) is 9. The van der Waals surface area contributed by atoms with E-state index < -0.39 is 0 Å². The summed E-state index contributed by atoms with van der Waals surface area (Å²) in [6, 6.07) is 18.1. The Morgan fingerprint density at radius 3 is 2.02 bits per heavy atom. The Bertz CT molecular complexity index is 1380. The van der Waals surface area contributed by atoms with Crippen molar-refractivity contribution < 1.29 is 4.74 Å². The second-order valence-electron chi connectivity index (χ2n) is 10.3. The summed E-state index contributed by atoms with van der Waals surface area (Å²) in [5.74, 6) is 12.6. The van der Waals surface area contributed by atoms with E-state index >= 15 is 0 Å². The highest BCUT2D eigenvalue weighted by Gasteiger charge is 2.22. The summed E-state index contributed by atoms with van der Waals surface area (Å²) in [4.78, 5) is 9.85. The molecule has 0 atom stereocenters. The van der Waals surface area contributed by atoms with Crippen LogP contribution in [0.2, 0.25) is 0 Å². The minimum atomic E-state index is 0.480. The van der Waals surface area contributed by atoms with E-state index in [4.69, 9.17) is 37.9 Å². The lowest BCUT2D eigenvalue weighted by atomic mass is 10.0. The Morgan fingerprint density at radius 2 is 1.50 bits per heavy atom. The van der Waals surface area contributed by atoms with Crippen LogP contribution in [0.15, 0.2) is 72.2 Å². The maximum atomic E-state index is 6.15. The molecule has 10 nitrogen and oxygen atoms in total. The van der Waals surface area contributed by atoms with Gasteiger partial charge < -0.3 is 30.8 Å². The maximum absolute atomic E-state index is 6.15. The zero-order valence-corrected chi connectivity index (χ0v) is 23.8. The molecule has 1 saturated heterocycles. The fourth-order valence-electron chi connectivity index (χ4n) is 5.21. The first kappa shape index (κ1) is 28.9. The van der Waals surface area contributed by atoms with E-state index in [9.17, 15) is 0 Å². The lowest BCUT2D eigenvalue weighted by molar-refractivity contribution is 0.0619. The molecule has 0 spiro atoms. The first-order valence-electron chi connectivity index (χ1n) is 13.5. The molecule has 1 aromatic carbocycles. The predicted octanol–water partition coefficient (Wildman–Crippen LogP) is 3.60. The minimum Gasteiger partial charge on any atom is -0.401 e. The van der Waals surface area contributed by atoms with Crippen LogP contribution in [0.1, 0.15) is 37.9 Å². The normalized spacial score (nSPS) is 15.2. The largest absolute Gasteiger partial charge is 0.401 e. The monoisotopic (exact) mass is 543 g/mol. The SMILES string of the molecule is C/C(N)=C(\c1cnc2c3ccc(/C(=C(\C)N)N(C)N)nc3n(CC3CCOCC3)c2c1)N(C)N.c1ccccc1. The van der Waals surface area contributed by atoms with Crippen LogP contribution in [0.4, 0.5) is 0 Å². The molecular weight excluding hydrogens is 502 g/mol. The van der Waals surface area contributed by atoms with Gasteiger partial charge in [0.1, 0.15) is 5.65 Å². The molecule has 0 saturated carbocycles. The summed E-state index contributed by atoms with van der Waals surface area (Å²) in [5.41, 5.74) is 19.2. The van der Waals surface area contributed by atoms with Gasteiger partial charge in [0.05, 0.1) is 28.1 Å². The molecule has 212 valence electrons. The first-order valence-corrected chi connectivity index (χ1v) is 13.5. The van der Waals surface area contributed by atoms with Crippen molar-refractivity contribution in [2.45, 2.75) is 33.2 Å². The van der Waals surface area contributed by atoms with Gasteiger partial charge in [0.2, 0.25) is 0 Å². The maximum Gasteiger partial charge on any atom is 0.143 e. The zero-order valence-electron chi connectivity index (χ0n) is 23.8. The van der Waals surface area contributed by atoms with Crippen molar-refractivity contribution in [3.8, 4) is 0 Å². The van der Waals surface area contributed by atoms with Crippen LogP contribution in [0.25, 0.3) is 33.5 Å². The van der Waals surface area contributed by atoms with Crippen LogP contribution in [0.5, 0.6) is 0 Å². The number of allylic oxidation sites excluding steroid dienone is 2. The Balaban J connectivity index is 0.000000546. The lowest BCUT2D eigenvalue weighted by Crippen LogP contribution is -2.27. The Hall–Kier alpha value is -4.12. The quantitative estimate of drug-likeness (QED) is 0.211. The van der Waals surface area contributed by atoms with Crippen molar-refractivity contribution in [2.75, 3.05) is 27.3 Å². The number of benzene rings is 1. The molecule has 1 aliphatic heterocycles. The standard InChI is InChI=1S/C24H35N9O.C6H6/c1-14(25)22(31(3)27)17-11-20-21(29-12-17)18-5-6-19(23(15(2)26)32(4)28)30-24(18)33(20)13-16-7-9-34-10-8-16;1-2-4-6-5-3-1/h5-6,11-12,16H,7-10,13,25-28H2,1-4H3;1-6H/b22-14-,23-15-;. The highest BCUT2D eigenvalue weighted by atomic mass is 16.5. The van der Waals surface area contributed by atoms with E-state index in [1.54, 1.807) is 14.1 Å². The van der Waals surface area contributed by atoms with Crippen LogP contribution >= 0.6 is 0 Å². The van der Waals surface area contributed by atoms with Crippen molar-refractivity contribution in [2.24, 2.45) is 29.1 Å². The van der Waals surface area contributed by atoms with Gasteiger partial charge in [-0.05, 0) is 50.8 Å². The Morgan fingerprint density at radius 1 is 0.925 bits per heavy atom.